The lowest BCUT2D eigenvalue weighted by atomic mass is 9.69. The molecule has 1 saturated carbocycles. The second-order valence-corrected chi connectivity index (χ2v) is 9.76. The Labute approximate surface area is 191 Å². The van der Waals surface area contributed by atoms with Crippen LogP contribution >= 0.6 is 0 Å². The van der Waals surface area contributed by atoms with Crippen molar-refractivity contribution in [1.29, 1.82) is 0 Å². The van der Waals surface area contributed by atoms with E-state index in [-0.39, 0.29) is 5.92 Å². The largest absolute Gasteiger partial charge is 0.464 e. The van der Waals surface area contributed by atoms with Gasteiger partial charge in [0.25, 0.3) is 0 Å². The highest BCUT2D eigenvalue weighted by Crippen LogP contribution is 2.37. The zero-order valence-corrected chi connectivity index (χ0v) is 19.1. The summed E-state index contributed by atoms with van der Waals surface area (Å²) in [5, 5.41) is 1.15. The van der Waals surface area contributed by atoms with Gasteiger partial charge in [-0.05, 0) is 43.4 Å². The molecule has 5 rings (SSSR count). The van der Waals surface area contributed by atoms with Crippen LogP contribution < -0.4 is 0 Å². The van der Waals surface area contributed by atoms with Crippen LogP contribution in [0.4, 0.5) is 0 Å². The van der Waals surface area contributed by atoms with E-state index in [1.54, 1.807) is 6.26 Å². The number of para-hydroxylation sites is 1. The Morgan fingerprint density at radius 1 is 1.03 bits per heavy atom. The third kappa shape index (κ3) is 4.06. The number of carbonyl (C=O) groups is 1. The summed E-state index contributed by atoms with van der Waals surface area (Å²) in [7, 11) is 0. The van der Waals surface area contributed by atoms with Crippen LogP contribution in [0.3, 0.4) is 0 Å². The van der Waals surface area contributed by atoms with E-state index < -0.39 is 5.41 Å². The molecule has 166 valence electrons. The van der Waals surface area contributed by atoms with Crippen LogP contribution in [0.25, 0.3) is 16.5 Å². The van der Waals surface area contributed by atoms with Crippen molar-refractivity contribution in [3.63, 3.8) is 0 Å². The van der Waals surface area contributed by atoms with Gasteiger partial charge < -0.3 is 4.42 Å². The number of fused-ring (bicyclic) bond motifs is 1. The molecular weight excluding hydrogens is 394 g/mol. The number of Topliss-reactive ketones (excluding diaryl/α,β-unsaturated/α-hetero) is 1. The van der Waals surface area contributed by atoms with Crippen molar-refractivity contribution in [1.82, 2.24) is 4.90 Å². The van der Waals surface area contributed by atoms with E-state index >= 15 is 0 Å². The van der Waals surface area contributed by atoms with Crippen LogP contribution in [0.2, 0.25) is 0 Å². The standard InChI is InChI=1S/C29H33NO2/c1-29(25-12-6-3-7-13-25,28(31)23-9-4-2-5-10-23)17-19-30-18-15-24(21-30)26-14-8-11-22-16-20-32-27(22)26/h3,6-8,11-16,20,23H,2,4-5,9-10,17-19,21H2,1H3. The Bertz CT molecular complexity index is 1110. The summed E-state index contributed by atoms with van der Waals surface area (Å²) in [6.45, 7) is 4.93. The van der Waals surface area contributed by atoms with Gasteiger partial charge in [0.05, 0.1) is 11.7 Å². The van der Waals surface area contributed by atoms with Crippen LogP contribution in [0.1, 0.15) is 56.6 Å². The monoisotopic (exact) mass is 427 g/mol. The molecule has 1 aliphatic heterocycles. The van der Waals surface area contributed by atoms with E-state index in [1.165, 1.54) is 36.0 Å². The van der Waals surface area contributed by atoms with E-state index in [4.69, 9.17) is 4.42 Å². The highest BCUT2D eigenvalue weighted by atomic mass is 16.3. The van der Waals surface area contributed by atoms with Gasteiger partial charge in [-0.25, -0.2) is 0 Å². The first kappa shape index (κ1) is 21.2. The van der Waals surface area contributed by atoms with E-state index in [1.807, 2.05) is 12.1 Å². The SMILES string of the molecule is CC(CCN1CC=C(c2cccc3ccoc23)C1)(C(=O)C1CCCCC1)c1ccccc1. The van der Waals surface area contributed by atoms with Crippen molar-refractivity contribution in [2.45, 2.75) is 50.9 Å². The molecule has 1 unspecified atom stereocenters. The number of hydrogen-bond donors (Lipinski definition) is 0. The predicted molar refractivity (Wildman–Crippen MR) is 131 cm³/mol. The van der Waals surface area contributed by atoms with Gasteiger partial charge in [0.2, 0.25) is 0 Å². The summed E-state index contributed by atoms with van der Waals surface area (Å²) >= 11 is 0. The molecule has 3 aromatic rings. The molecular formula is C29H33NO2. The fourth-order valence-corrected chi connectivity index (χ4v) is 5.63. The molecule has 0 saturated heterocycles. The third-order valence-corrected chi connectivity index (χ3v) is 7.67. The van der Waals surface area contributed by atoms with Gasteiger partial charge in [-0.2, -0.15) is 0 Å². The van der Waals surface area contributed by atoms with E-state index in [9.17, 15) is 4.79 Å². The van der Waals surface area contributed by atoms with Gasteiger partial charge in [-0.1, -0.05) is 73.9 Å². The first-order valence-electron chi connectivity index (χ1n) is 12.1. The summed E-state index contributed by atoms with van der Waals surface area (Å²) in [5.41, 5.74) is 4.24. The Kier molecular flexibility index (Phi) is 6.01. The number of furan rings is 1. The second-order valence-electron chi connectivity index (χ2n) is 9.76. The number of benzene rings is 2. The van der Waals surface area contributed by atoms with Crippen molar-refractivity contribution in [3.05, 3.63) is 78.1 Å². The Morgan fingerprint density at radius 3 is 2.66 bits per heavy atom. The molecule has 0 spiro atoms. The second kappa shape index (κ2) is 9.07. The molecule has 2 heterocycles. The zero-order chi connectivity index (χ0) is 22.0. The molecule has 0 radical (unpaired) electrons. The fraction of sp³-hybridized carbons (Fsp3) is 0.414. The minimum absolute atomic E-state index is 0.220. The summed E-state index contributed by atoms with van der Waals surface area (Å²) < 4.78 is 5.76. The van der Waals surface area contributed by atoms with Gasteiger partial charge in [0.1, 0.15) is 11.4 Å². The van der Waals surface area contributed by atoms with E-state index in [0.717, 1.165) is 49.9 Å². The lowest BCUT2D eigenvalue weighted by Crippen LogP contribution is -2.41. The number of carbonyl (C=O) groups excluding carboxylic acids is 1. The number of ketones is 1. The Balaban J connectivity index is 1.31. The quantitative estimate of drug-likeness (QED) is 0.424. The smallest absolute Gasteiger partial charge is 0.146 e. The van der Waals surface area contributed by atoms with Gasteiger partial charge in [0.15, 0.2) is 0 Å². The molecule has 3 nitrogen and oxygen atoms in total. The van der Waals surface area contributed by atoms with Crippen LogP contribution in [0.15, 0.2) is 71.4 Å². The summed E-state index contributed by atoms with van der Waals surface area (Å²) in [5.74, 6) is 0.675. The zero-order valence-electron chi connectivity index (χ0n) is 19.1. The van der Waals surface area contributed by atoms with E-state index in [2.05, 4.69) is 60.4 Å². The molecule has 1 fully saturated rings. The highest BCUT2D eigenvalue weighted by molar-refractivity contribution is 5.92. The topological polar surface area (TPSA) is 33.5 Å². The fourth-order valence-electron chi connectivity index (χ4n) is 5.63. The average Bonchev–Trinajstić information content (AvgIpc) is 3.53. The Hall–Kier alpha value is -2.65. The first-order chi connectivity index (χ1) is 15.6. The molecule has 3 heteroatoms. The maximum atomic E-state index is 13.8. The van der Waals surface area contributed by atoms with Gasteiger partial charge in [-0.15, -0.1) is 0 Å². The van der Waals surface area contributed by atoms with Crippen LogP contribution in [0, 0.1) is 5.92 Å². The van der Waals surface area contributed by atoms with Gasteiger partial charge >= 0.3 is 0 Å². The lowest BCUT2D eigenvalue weighted by molar-refractivity contribution is -0.129. The summed E-state index contributed by atoms with van der Waals surface area (Å²) in [6, 6.07) is 18.8. The molecule has 1 aliphatic carbocycles. The number of hydrogen-bond acceptors (Lipinski definition) is 3. The molecule has 0 N–H and O–H groups in total. The van der Waals surface area contributed by atoms with Crippen molar-refractivity contribution in [3.8, 4) is 0 Å². The van der Waals surface area contributed by atoms with Crippen molar-refractivity contribution in [2.24, 2.45) is 5.92 Å². The summed E-state index contributed by atoms with van der Waals surface area (Å²) in [4.78, 5) is 16.2. The van der Waals surface area contributed by atoms with E-state index in [0.29, 0.717) is 5.78 Å². The highest BCUT2D eigenvalue weighted by Gasteiger charge is 2.39. The molecule has 0 bridgehead atoms. The maximum absolute atomic E-state index is 13.8. The predicted octanol–water partition coefficient (Wildman–Crippen LogP) is 6.63. The first-order valence-corrected chi connectivity index (χ1v) is 12.1. The molecule has 2 aromatic carbocycles. The van der Waals surface area contributed by atoms with Crippen LogP contribution in [-0.4, -0.2) is 30.3 Å². The van der Waals surface area contributed by atoms with Crippen molar-refractivity contribution < 1.29 is 9.21 Å². The average molecular weight is 428 g/mol. The molecule has 0 amide bonds. The summed E-state index contributed by atoms with van der Waals surface area (Å²) in [6.07, 6.45) is 10.7. The number of nitrogens with zero attached hydrogens (tertiary/aromatic N) is 1. The molecule has 2 aliphatic rings. The molecule has 1 aromatic heterocycles. The van der Waals surface area contributed by atoms with Crippen LogP contribution in [0.5, 0.6) is 0 Å². The Morgan fingerprint density at radius 2 is 1.84 bits per heavy atom. The van der Waals surface area contributed by atoms with Crippen molar-refractivity contribution >= 4 is 22.3 Å². The maximum Gasteiger partial charge on any atom is 0.146 e. The van der Waals surface area contributed by atoms with Crippen LogP contribution in [-0.2, 0) is 10.2 Å². The van der Waals surface area contributed by atoms with Gasteiger partial charge in [0, 0.05) is 36.5 Å². The minimum atomic E-state index is -0.424. The number of rotatable bonds is 7. The normalized spacial score (nSPS) is 19.7. The molecule has 1 atom stereocenters. The van der Waals surface area contributed by atoms with Gasteiger partial charge in [-0.3, -0.25) is 9.69 Å². The van der Waals surface area contributed by atoms with Crippen molar-refractivity contribution in [2.75, 3.05) is 19.6 Å². The third-order valence-electron chi connectivity index (χ3n) is 7.67. The molecule has 32 heavy (non-hydrogen) atoms. The lowest BCUT2D eigenvalue weighted by Gasteiger charge is -2.35. The minimum Gasteiger partial charge on any atom is -0.464 e.